The number of hydrogen-bond acceptors (Lipinski definition) is 4. The monoisotopic (exact) mass is 284 g/mol. The molecule has 0 spiro atoms. The molecule has 0 radical (unpaired) electrons. The molecular formula is C14H17ClO4. The molecule has 0 aliphatic carbocycles. The van der Waals surface area contributed by atoms with Crippen LogP contribution in [0, 0.1) is 0 Å². The van der Waals surface area contributed by atoms with E-state index in [0.29, 0.717) is 30.1 Å². The number of halogens is 1. The molecule has 1 atom stereocenters. The Kier molecular flexibility index (Phi) is 6.36. The SMILES string of the molecule is CCCC(Oc1cccc(Cl)c1C=O)C(=O)OCC. The lowest BCUT2D eigenvalue weighted by Crippen LogP contribution is -2.29. The number of rotatable bonds is 7. The van der Waals surface area contributed by atoms with Gasteiger partial charge in [0, 0.05) is 0 Å². The van der Waals surface area contributed by atoms with E-state index >= 15 is 0 Å². The van der Waals surface area contributed by atoms with Crippen molar-refractivity contribution in [2.75, 3.05) is 6.61 Å². The third-order valence-corrected chi connectivity index (χ3v) is 2.83. The van der Waals surface area contributed by atoms with Crippen LogP contribution in [0.25, 0.3) is 0 Å². The first-order chi connectivity index (χ1) is 9.13. The molecule has 0 bridgehead atoms. The minimum atomic E-state index is -0.720. The highest BCUT2D eigenvalue weighted by atomic mass is 35.5. The average Bonchev–Trinajstić information content (AvgIpc) is 2.38. The lowest BCUT2D eigenvalue weighted by atomic mass is 10.2. The molecule has 1 rings (SSSR count). The Hall–Kier alpha value is -1.55. The highest BCUT2D eigenvalue weighted by Crippen LogP contribution is 2.26. The van der Waals surface area contributed by atoms with Crippen molar-refractivity contribution in [2.24, 2.45) is 0 Å². The van der Waals surface area contributed by atoms with Gasteiger partial charge in [-0.3, -0.25) is 4.79 Å². The van der Waals surface area contributed by atoms with Crippen LogP contribution in [-0.2, 0) is 9.53 Å². The van der Waals surface area contributed by atoms with E-state index in [0.717, 1.165) is 6.42 Å². The van der Waals surface area contributed by atoms with Crippen molar-refractivity contribution in [1.29, 1.82) is 0 Å². The first-order valence-corrected chi connectivity index (χ1v) is 6.58. The highest BCUT2D eigenvalue weighted by molar-refractivity contribution is 6.33. The van der Waals surface area contributed by atoms with E-state index in [1.807, 2.05) is 6.92 Å². The maximum atomic E-state index is 11.8. The summed E-state index contributed by atoms with van der Waals surface area (Å²) >= 11 is 5.90. The van der Waals surface area contributed by atoms with Crippen LogP contribution in [0.4, 0.5) is 0 Å². The zero-order valence-corrected chi connectivity index (χ0v) is 11.8. The van der Waals surface area contributed by atoms with Crippen LogP contribution in [0.2, 0.25) is 5.02 Å². The standard InChI is InChI=1S/C14H17ClO4/c1-3-6-13(14(17)18-4-2)19-12-8-5-7-11(15)10(12)9-16/h5,7-9,13H,3-4,6H2,1-2H3. The second kappa shape index (κ2) is 7.79. The summed E-state index contributed by atoms with van der Waals surface area (Å²) in [6.45, 7) is 3.96. The number of ether oxygens (including phenoxy) is 2. The van der Waals surface area contributed by atoms with Crippen LogP contribution >= 0.6 is 11.6 Å². The topological polar surface area (TPSA) is 52.6 Å². The van der Waals surface area contributed by atoms with E-state index in [1.165, 1.54) is 0 Å². The molecule has 19 heavy (non-hydrogen) atoms. The predicted octanol–water partition coefficient (Wildman–Crippen LogP) is 3.26. The van der Waals surface area contributed by atoms with E-state index in [1.54, 1.807) is 25.1 Å². The van der Waals surface area contributed by atoms with E-state index in [9.17, 15) is 9.59 Å². The summed E-state index contributed by atoms with van der Waals surface area (Å²) < 4.78 is 10.5. The molecule has 0 N–H and O–H groups in total. The minimum Gasteiger partial charge on any atom is -0.478 e. The smallest absolute Gasteiger partial charge is 0.347 e. The number of hydrogen-bond donors (Lipinski definition) is 0. The van der Waals surface area contributed by atoms with Crippen molar-refractivity contribution in [1.82, 2.24) is 0 Å². The van der Waals surface area contributed by atoms with Gasteiger partial charge in [-0.15, -0.1) is 0 Å². The van der Waals surface area contributed by atoms with Gasteiger partial charge in [0.15, 0.2) is 12.4 Å². The second-order valence-electron chi connectivity index (χ2n) is 3.92. The van der Waals surface area contributed by atoms with Crippen molar-refractivity contribution in [3.05, 3.63) is 28.8 Å². The summed E-state index contributed by atoms with van der Waals surface area (Å²) in [4.78, 5) is 22.8. The second-order valence-corrected chi connectivity index (χ2v) is 4.32. The maximum Gasteiger partial charge on any atom is 0.347 e. The Bertz CT molecular complexity index is 445. The van der Waals surface area contributed by atoms with Crippen LogP contribution in [0.1, 0.15) is 37.0 Å². The van der Waals surface area contributed by atoms with Crippen molar-refractivity contribution in [3.63, 3.8) is 0 Å². The Labute approximate surface area is 117 Å². The Morgan fingerprint density at radius 2 is 2.16 bits per heavy atom. The van der Waals surface area contributed by atoms with Crippen molar-refractivity contribution >= 4 is 23.9 Å². The molecule has 0 aliphatic heterocycles. The number of benzene rings is 1. The highest BCUT2D eigenvalue weighted by Gasteiger charge is 2.22. The maximum absolute atomic E-state index is 11.8. The molecule has 0 saturated heterocycles. The molecule has 0 saturated carbocycles. The van der Waals surface area contributed by atoms with Gasteiger partial charge in [-0.05, 0) is 25.5 Å². The van der Waals surface area contributed by atoms with Crippen LogP contribution in [-0.4, -0.2) is 25.0 Å². The summed E-state index contributed by atoms with van der Waals surface area (Å²) in [7, 11) is 0. The summed E-state index contributed by atoms with van der Waals surface area (Å²) in [6, 6.07) is 4.87. The molecule has 0 heterocycles. The largest absolute Gasteiger partial charge is 0.478 e. The zero-order chi connectivity index (χ0) is 14.3. The number of carbonyl (C=O) groups excluding carboxylic acids is 2. The molecule has 0 aromatic heterocycles. The first kappa shape index (κ1) is 15.5. The first-order valence-electron chi connectivity index (χ1n) is 6.21. The third kappa shape index (κ3) is 4.24. The summed E-state index contributed by atoms with van der Waals surface area (Å²) in [6.07, 6.45) is 1.18. The van der Waals surface area contributed by atoms with E-state index in [-0.39, 0.29) is 5.56 Å². The fraction of sp³-hybridized carbons (Fsp3) is 0.429. The molecule has 0 fully saturated rings. The number of carbonyl (C=O) groups is 2. The van der Waals surface area contributed by atoms with Crippen LogP contribution in [0.5, 0.6) is 5.75 Å². The van der Waals surface area contributed by atoms with Gasteiger partial charge < -0.3 is 9.47 Å². The van der Waals surface area contributed by atoms with Gasteiger partial charge in [-0.1, -0.05) is 31.0 Å². The molecule has 104 valence electrons. The molecule has 1 aromatic rings. The van der Waals surface area contributed by atoms with Gasteiger partial charge in [0.05, 0.1) is 17.2 Å². The Morgan fingerprint density at radius 3 is 2.74 bits per heavy atom. The molecule has 1 aromatic carbocycles. The third-order valence-electron chi connectivity index (χ3n) is 2.50. The van der Waals surface area contributed by atoms with Crippen molar-refractivity contribution < 1.29 is 19.1 Å². The zero-order valence-electron chi connectivity index (χ0n) is 11.0. The van der Waals surface area contributed by atoms with Crippen molar-refractivity contribution in [3.8, 4) is 5.75 Å². The molecule has 0 amide bonds. The van der Waals surface area contributed by atoms with Crippen LogP contribution < -0.4 is 4.74 Å². The fourth-order valence-corrected chi connectivity index (χ4v) is 1.82. The molecule has 5 heteroatoms. The molecule has 0 aliphatic rings. The van der Waals surface area contributed by atoms with Crippen LogP contribution in [0.15, 0.2) is 18.2 Å². The average molecular weight is 285 g/mol. The normalized spacial score (nSPS) is 11.7. The predicted molar refractivity (Wildman–Crippen MR) is 72.8 cm³/mol. The van der Waals surface area contributed by atoms with Crippen molar-refractivity contribution in [2.45, 2.75) is 32.8 Å². The quantitative estimate of drug-likeness (QED) is 0.570. The molecular weight excluding hydrogens is 268 g/mol. The van der Waals surface area contributed by atoms with E-state index in [2.05, 4.69) is 0 Å². The molecule has 1 unspecified atom stereocenters. The van der Waals surface area contributed by atoms with Gasteiger partial charge in [-0.2, -0.15) is 0 Å². The van der Waals surface area contributed by atoms with Gasteiger partial charge in [0.25, 0.3) is 0 Å². The lowest BCUT2D eigenvalue weighted by molar-refractivity contribution is -0.151. The number of esters is 1. The Morgan fingerprint density at radius 1 is 1.42 bits per heavy atom. The summed E-state index contributed by atoms with van der Waals surface area (Å²) in [5.74, 6) is -0.129. The van der Waals surface area contributed by atoms with Gasteiger partial charge in [0.1, 0.15) is 5.75 Å². The number of aldehydes is 1. The summed E-state index contributed by atoms with van der Waals surface area (Å²) in [5, 5.41) is 0.298. The van der Waals surface area contributed by atoms with Gasteiger partial charge in [0.2, 0.25) is 0 Å². The Balaban J connectivity index is 2.93. The summed E-state index contributed by atoms with van der Waals surface area (Å²) in [5.41, 5.74) is 0.245. The van der Waals surface area contributed by atoms with Gasteiger partial charge >= 0.3 is 5.97 Å². The van der Waals surface area contributed by atoms with Gasteiger partial charge in [-0.25, -0.2) is 4.79 Å². The molecule has 4 nitrogen and oxygen atoms in total. The van der Waals surface area contributed by atoms with Crippen LogP contribution in [0.3, 0.4) is 0 Å². The minimum absolute atomic E-state index is 0.245. The fourth-order valence-electron chi connectivity index (χ4n) is 1.61. The van der Waals surface area contributed by atoms with E-state index in [4.69, 9.17) is 21.1 Å². The van der Waals surface area contributed by atoms with E-state index < -0.39 is 12.1 Å². The lowest BCUT2D eigenvalue weighted by Gasteiger charge is -2.18.